The van der Waals surface area contributed by atoms with Gasteiger partial charge >= 0.3 is 11.9 Å². The summed E-state index contributed by atoms with van der Waals surface area (Å²) < 4.78 is 13.2. The van der Waals surface area contributed by atoms with Crippen molar-refractivity contribution in [3.8, 4) is 23.0 Å². The highest BCUT2D eigenvalue weighted by Gasteiger charge is 2.13. The number of phenolic OH excluding ortho intramolecular Hbond substituents is 4. The van der Waals surface area contributed by atoms with Crippen LogP contribution in [0.3, 0.4) is 0 Å². The van der Waals surface area contributed by atoms with Gasteiger partial charge in [0.2, 0.25) is 0 Å². The molecule has 0 aliphatic carbocycles. The van der Waals surface area contributed by atoms with E-state index in [2.05, 4.69) is 45.2 Å². The SMILES string of the molecule is O=C(OCCc1cc(I)c(O)c(I)c1)c1cc(I)c(O)c(I)c1.O=C(OCCc1ccc(O)cc1)c1ccc(O)cc1. The molecule has 0 saturated carbocycles. The van der Waals surface area contributed by atoms with E-state index in [0.717, 1.165) is 18.3 Å². The predicted octanol–water partition coefficient (Wildman–Crippen LogP) is 7.41. The number of carbonyl (C=O) groups is 2. The Labute approximate surface area is 297 Å². The lowest BCUT2D eigenvalue weighted by atomic mass is 10.1. The molecule has 0 heterocycles. The fraction of sp³-hybridized carbons (Fsp3) is 0.133. The van der Waals surface area contributed by atoms with Gasteiger partial charge in [-0.3, -0.25) is 0 Å². The van der Waals surface area contributed by atoms with Gasteiger partial charge in [0, 0.05) is 12.8 Å². The van der Waals surface area contributed by atoms with Crippen molar-refractivity contribution in [2.75, 3.05) is 13.2 Å². The molecular weight excluding hydrogens is 996 g/mol. The Bertz CT molecular complexity index is 1490. The molecule has 0 aliphatic heterocycles. The van der Waals surface area contributed by atoms with Crippen molar-refractivity contribution in [2.24, 2.45) is 0 Å². The molecule has 220 valence electrons. The van der Waals surface area contributed by atoms with E-state index in [1.165, 1.54) is 24.3 Å². The van der Waals surface area contributed by atoms with E-state index in [9.17, 15) is 19.8 Å². The van der Waals surface area contributed by atoms with Crippen molar-refractivity contribution in [1.82, 2.24) is 0 Å². The molecule has 0 saturated heterocycles. The molecule has 42 heavy (non-hydrogen) atoms. The smallest absolute Gasteiger partial charge is 0.338 e. The minimum atomic E-state index is -0.418. The van der Waals surface area contributed by atoms with Gasteiger partial charge < -0.3 is 29.9 Å². The fourth-order valence-electron chi connectivity index (χ4n) is 3.40. The van der Waals surface area contributed by atoms with Gasteiger partial charge in [-0.25, -0.2) is 9.59 Å². The second-order valence-corrected chi connectivity index (χ2v) is 13.3. The lowest BCUT2D eigenvalue weighted by molar-refractivity contribution is 0.0499. The number of benzene rings is 4. The van der Waals surface area contributed by atoms with E-state index >= 15 is 0 Å². The van der Waals surface area contributed by atoms with Crippen molar-refractivity contribution < 1.29 is 39.5 Å². The Morgan fingerprint density at radius 1 is 0.524 bits per heavy atom. The van der Waals surface area contributed by atoms with Crippen LogP contribution < -0.4 is 0 Å². The van der Waals surface area contributed by atoms with Gasteiger partial charge in [-0.15, -0.1) is 0 Å². The Hall–Kier alpha value is -2.06. The standard InChI is InChI=1S/C15H10I4O4.C15H14O4/c16-9-3-7(4-10(17)13(9)20)1-2-23-15(22)8-5-11(18)14(21)12(19)6-8;16-13-5-1-11(2-6-13)9-10-19-15(18)12-3-7-14(17)8-4-12/h3-6,20-21H,1-2H2;1-8,16-17H,9-10H2. The quantitative estimate of drug-likeness (QED) is 0.106. The maximum atomic E-state index is 12.1. The first-order valence-corrected chi connectivity index (χ1v) is 16.5. The highest BCUT2D eigenvalue weighted by molar-refractivity contribution is 14.1. The first-order chi connectivity index (χ1) is 19.9. The number of ether oxygens (including phenoxy) is 2. The van der Waals surface area contributed by atoms with Crippen LogP contribution in [0.1, 0.15) is 31.8 Å². The van der Waals surface area contributed by atoms with Crippen molar-refractivity contribution >= 4 is 102 Å². The van der Waals surface area contributed by atoms with Crippen LogP contribution in [-0.2, 0) is 22.3 Å². The minimum Gasteiger partial charge on any atom is -0.508 e. The van der Waals surface area contributed by atoms with Gasteiger partial charge in [0.15, 0.2) is 0 Å². The molecule has 0 fully saturated rings. The molecular formula is C30H24I4O8. The number of hydrogen-bond acceptors (Lipinski definition) is 8. The van der Waals surface area contributed by atoms with Gasteiger partial charge in [0.05, 0.1) is 38.6 Å². The van der Waals surface area contributed by atoms with Crippen LogP contribution in [0, 0.1) is 14.3 Å². The molecule has 0 radical (unpaired) electrons. The molecule has 4 rings (SSSR count). The Kier molecular flexibility index (Phi) is 13.7. The number of carbonyl (C=O) groups excluding carboxylic acids is 2. The summed E-state index contributed by atoms with van der Waals surface area (Å²) in [5, 5.41) is 37.7. The molecule has 0 aliphatic rings. The third-order valence-corrected chi connectivity index (χ3v) is 8.91. The van der Waals surface area contributed by atoms with Gasteiger partial charge in [-0.2, -0.15) is 0 Å². The topological polar surface area (TPSA) is 134 Å². The molecule has 0 atom stereocenters. The van der Waals surface area contributed by atoms with Crippen molar-refractivity contribution in [2.45, 2.75) is 12.8 Å². The van der Waals surface area contributed by atoms with Crippen LogP contribution in [0.5, 0.6) is 23.0 Å². The minimum absolute atomic E-state index is 0.112. The highest BCUT2D eigenvalue weighted by atomic mass is 127. The average Bonchev–Trinajstić information content (AvgIpc) is 2.96. The number of aromatic hydroxyl groups is 4. The highest BCUT2D eigenvalue weighted by Crippen LogP contribution is 2.29. The van der Waals surface area contributed by atoms with Gasteiger partial charge in [0.1, 0.15) is 23.0 Å². The van der Waals surface area contributed by atoms with Gasteiger partial charge in [0.25, 0.3) is 0 Å². The van der Waals surface area contributed by atoms with E-state index in [0.29, 0.717) is 31.1 Å². The largest absolute Gasteiger partial charge is 0.508 e. The zero-order chi connectivity index (χ0) is 30.8. The molecule has 4 aromatic rings. The summed E-state index contributed by atoms with van der Waals surface area (Å²) in [6, 6.07) is 19.6. The number of esters is 2. The molecule has 8 nitrogen and oxygen atoms in total. The Morgan fingerprint density at radius 3 is 1.38 bits per heavy atom. The summed E-state index contributed by atoms with van der Waals surface area (Å²) in [5.41, 5.74) is 2.81. The molecule has 0 spiro atoms. The van der Waals surface area contributed by atoms with E-state index in [1.807, 2.05) is 57.3 Å². The van der Waals surface area contributed by atoms with Crippen LogP contribution in [0.4, 0.5) is 0 Å². The van der Waals surface area contributed by atoms with Crippen molar-refractivity contribution in [3.63, 3.8) is 0 Å². The van der Waals surface area contributed by atoms with Gasteiger partial charge in [-0.05, 0) is 162 Å². The van der Waals surface area contributed by atoms with E-state index < -0.39 is 11.9 Å². The number of rotatable bonds is 8. The normalized spacial score (nSPS) is 10.4. The second kappa shape index (κ2) is 16.7. The summed E-state index contributed by atoms with van der Waals surface area (Å²) >= 11 is 8.10. The van der Waals surface area contributed by atoms with Crippen LogP contribution >= 0.6 is 90.4 Å². The van der Waals surface area contributed by atoms with Crippen molar-refractivity contribution in [1.29, 1.82) is 0 Å². The summed E-state index contributed by atoms with van der Waals surface area (Å²) in [6.07, 6.45) is 1.16. The van der Waals surface area contributed by atoms with Crippen LogP contribution in [-0.4, -0.2) is 45.6 Å². The molecule has 0 aromatic heterocycles. The van der Waals surface area contributed by atoms with E-state index in [1.54, 1.807) is 36.4 Å². The average molecular weight is 1020 g/mol. The molecule has 4 aromatic carbocycles. The lowest BCUT2D eigenvalue weighted by Gasteiger charge is -2.09. The first-order valence-electron chi connectivity index (χ1n) is 12.2. The fourth-order valence-corrected chi connectivity index (χ4v) is 7.06. The maximum absolute atomic E-state index is 12.1. The van der Waals surface area contributed by atoms with E-state index in [4.69, 9.17) is 19.7 Å². The zero-order valence-corrected chi connectivity index (χ0v) is 30.3. The molecule has 12 heteroatoms. The summed E-state index contributed by atoms with van der Waals surface area (Å²) in [6.45, 7) is 0.522. The summed E-state index contributed by atoms with van der Waals surface area (Å²) in [7, 11) is 0. The van der Waals surface area contributed by atoms with Crippen LogP contribution in [0.2, 0.25) is 0 Å². The monoisotopic (exact) mass is 1020 g/mol. The number of hydrogen-bond donors (Lipinski definition) is 4. The summed E-state index contributed by atoms with van der Waals surface area (Å²) in [5.74, 6) is -0.0514. The zero-order valence-electron chi connectivity index (χ0n) is 21.7. The molecule has 0 amide bonds. The number of phenols is 4. The Morgan fingerprint density at radius 2 is 0.905 bits per heavy atom. The molecule has 0 bridgehead atoms. The third-order valence-electron chi connectivity index (χ3n) is 5.62. The second-order valence-electron chi connectivity index (χ2n) is 8.68. The third kappa shape index (κ3) is 10.6. The van der Waals surface area contributed by atoms with Gasteiger partial charge in [-0.1, -0.05) is 12.1 Å². The first kappa shape index (κ1) is 34.4. The van der Waals surface area contributed by atoms with Crippen LogP contribution in [0.25, 0.3) is 0 Å². The molecule has 0 unspecified atom stereocenters. The maximum Gasteiger partial charge on any atom is 0.338 e. The Balaban J connectivity index is 0.000000235. The van der Waals surface area contributed by atoms with E-state index in [-0.39, 0.29) is 36.2 Å². The van der Waals surface area contributed by atoms with Crippen molar-refractivity contribution in [3.05, 3.63) is 109 Å². The van der Waals surface area contributed by atoms with Crippen LogP contribution in [0.15, 0.2) is 72.8 Å². The summed E-state index contributed by atoms with van der Waals surface area (Å²) in [4.78, 5) is 23.7. The number of halogens is 4. The predicted molar refractivity (Wildman–Crippen MR) is 191 cm³/mol. The molecule has 4 N–H and O–H groups in total. The lowest BCUT2D eigenvalue weighted by Crippen LogP contribution is -2.09.